The van der Waals surface area contributed by atoms with Crippen LogP contribution in [-0.4, -0.2) is 53.9 Å². The Morgan fingerprint density at radius 2 is 1.85 bits per heavy atom. The molecule has 0 saturated carbocycles. The molecule has 2 saturated heterocycles. The highest BCUT2D eigenvalue weighted by Gasteiger charge is 2.50. The van der Waals surface area contributed by atoms with E-state index in [9.17, 15) is 18.8 Å². The second kappa shape index (κ2) is 8.06. The highest BCUT2D eigenvalue weighted by atomic mass is 19.1. The van der Waals surface area contributed by atoms with E-state index in [-0.39, 0.29) is 18.5 Å². The molecular weight excluding hydrogens is 429 g/mol. The van der Waals surface area contributed by atoms with Crippen molar-refractivity contribution in [2.75, 3.05) is 26.3 Å². The van der Waals surface area contributed by atoms with Gasteiger partial charge in [-0.25, -0.2) is 9.18 Å². The van der Waals surface area contributed by atoms with Crippen molar-refractivity contribution < 1.29 is 28.2 Å². The number of amides is 4. The van der Waals surface area contributed by atoms with E-state index in [2.05, 4.69) is 5.32 Å². The molecule has 9 heteroatoms. The monoisotopic (exact) mass is 453 g/mol. The zero-order valence-electron chi connectivity index (χ0n) is 18.2. The van der Waals surface area contributed by atoms with Gasteiger partial charge in [0, 0.05) is 6.54 Å². The van der Waals surface area contributed by atoms with Crippen LogP contribution in [0.3, 0.4) is 0 Å². The Morgan fingerprint density at radius 1 is 1.12 bits per heavy atom. The summed E-state index contributed by atoms with van der Waals surface area (Å²) in [6.07, 6.45) is 1.59. The molecular formula is C24H24FN3O5. The highest BCUT2D eigenvalue weighted by Crippen LogP contribution is 2.38. The number of carbonyl (C=O) groups is 3. The number of urea groups is 1. The predicted octanol–water partition coefficient (Wildman–Crippen LogP) is 2.73. The first-order chi connectivity index (χ1) is 15.9. The van der Waals surface area contributed by atoms with Gasteiger partial charge in [0.15, 0.2) is 11.5 Å². The summed E-state index contributed by atoms with van der Waals surface area (Å²) in [5.41, 5.74) is 0.0247. The van der Waals surface area contributed by atoms with Gasteiger partial charge in [0.2, 0.25) is 5.91 Å². The lowest BCUT2D eigenvalue weighted by molar-refractivity contribution is -0.139. The van der Waals surface area contributed by atoms with Gasteiger partial charge in [-0.1, -0.05) is 18.2 Å². The minimum absolute atomic E-state index is 0.169. The third-order valence-electron chi connectivity index (χ3n) is 6.51. The molecule has 2 aromatic rings. The third-order valence-corrected chi connectivity index (χ3v) is 6.51. The summed E-state index contributed by atoms with van der Waals surface area (Å²) in [5, 5.41) is 2.65. The van der Waals surface area contributed by atoms with Crippen molar-refractivity contribution in [1.82, 2.24) is 15.1 Å². The number of rotatable bonds is 4. The topological polar surface area (TPSA) is 88.2 Å². The van der Waals surface area contributed by atoms with Crippen LogP contribution in [0.1, 0.15) is 36.9 Å². The number of likely N-dealkylation sites (tertiary alicyclic amines) is 1. The average Bonchev–Trinajstić information content (AvgIpc) is 3.39. The first-order valence-electron chi connectivity index (χ1n) is 11.0. The molecule has 0 spiro atoms. The number of halogens is 1. The van der Waals surface area contributed by atoms with Gasteiger partial charge in [-0.3, -0.25) is 14.5 Å². The van der Waals surface area contributed by atoms with Gasteiger partial charge in [-0.15, -0.1) is 0 Å². The molecule has 2 atom stereocenters. The number of fused-ring (bicyclic) bond motifs is 1. The summed E-state index contributed by atoms with van der Waals surface area (Å²) < 4.78 is 24.6. The number of imide groups is 1. The fraction of sp³-hybridized carbons (Fsp3) is 0.375. The molecule has 3 aliphatic rings. The highest BCUT2D eigenvalue weighted by molar-refractivity contribution is 6.09. The molecule has 2 unspecified atom stereocenters. The Kier molecular flexibility index (Phi) is 5.19. The molecule has 172 valence electrons. The number of carbonyl (C=O) groups excluding carboxylic acids is 3. The van der Waals surface area contributed by atoms with Gasteiger partial charge in [-0.05, 0) is 55.2 Å². The van der Waals surface area contributed by atoms with E-state index in [1.165, 1.54) is 24.3 Å². The van der Waals surface area contributed by atoms with Crippen LogP contribution in [0.4, 0.5) is 9.18 Å². The molecule has 3 heterocycles. The number of hydrogen-bond acceptors (Lipinski definition) is 5. The van der Waals surface area contributed by atoms with E-state index in [1.807, 2.05) is 18.2 Å². The Morgan fingerprint density at radius 3 is 2.61 bits per heavy atom. The number of nitrogens with zero attached hydrogens (tertiary/aromatic N) is 2. The van der Waals surface area contributed by atoms with E-state index in [0.717, 1.165) is 23.3 Å². The SMILES string of the molecule is CC1(c2ccc(F)cc2)NC(=O)N(CC(=O)N2CCCC2c2ccc3c(c2)OCCO3)C1=O. The summed E-state index contributed by atoms with van der Waals surface area (Å²) in [6, 6.07) is 10.2. The molecule has 0 aliphatic carbocycles. The fourth-order valence-electron chi connectivity index (χ4n) is 4.72. The summed E-state index contributed by atoms with van der Waals surface area (Å²) in [5.74, 6) is 0.0506. The Bertz CT molecular complexity index is 1120. The zero-order valence-corrected chi connectivity index (χ0v) is 18.2. The molecule has 2 aromatic carbocycles. The molecule has 8 nitrogen and oxygen atoms in total. The van der Waals surface area contributed by atoms with Crippen molar-refractivity contribution in [2.45, 2.75) is 31.3 Å². The van der Waals surface area contributed by atoms with Crippen molar-refractivity contribution in [2.24, 2.45) is 0 Å². The maximum absolute atomic E-state index is 13.3. The maximum Gasteiger partial charge on any atom is 0.325 e. The minimum Gasteiger partial charge on any atom is -0.486 e. The number of benzene rings is 2. The van der Waals surface area contributed by atoms with Crippen molar-refractivity contribution in [3.63, 3.8) is 0 Å². The summed E-state index contributed by atoms with van der Waals surface area (Å²) in [4.78, 5) is 41.6. The van der Waals surface area contributed by atoms with Gasteiger partial charge in [0.1, 0.15) is 31.1 Å². The van der Waals surface area contributed by atoms with E-state index in [4.69, 9.17) is 9.47 Å². The lowest BCUT2D eigenvalue weighted by atomic mass is 9.92. The molecule has 0 radical (unpaired) electrons. The van der Waals surface area contributed by atoms with Crippen molar-refractivity contribution in [1.29, 1.82) is 0 Å². The summed E-state index contributed by atoms with van der Waals surface area (Å²) in [6.45, 7) is 2.71. The van der Waals surface area contributed by atoms with Crippen LogP contribution in [0.2, 0.25) is 0 Å². The van der Waals surface area contributed by atoms with Gasteiger partial charge < -0.3 is 19.7 Å². The van der Waals surface area contributed by atoms with Crippen LogP contribution >= 0.6 is 0 Å². The van der Waals surface area contributed by atoms with Crippen molar-refractivity contribution in [3.05, 3.63) is 59.4 Å². The quantitative estimate of drug-likeness (QED) is 0.720. The molecule has 2 fully saturated rings. The molecule has 5 rings (SSSR count). The van der Waals surface area contributed by atoms with Gasteiger partial charge in [-0.2, -0.15) is 0 Å². The maximum atomic E-state index is 13.3. The number of nitrogens with one attached hydrogen (secondary N) is 1. The molecule has 4 amide bonds. The lowest BCUT2D eigenvalue weighted by Crippen LogP contribution is -2.44. The average molecular weight is 453 g/mol. The smallest absolute Gasteiger partial charge is 0.325 e. The molecule has 0 bridgehead atoms. The second-order valence-electron chi connectivity index (χ2n) is 8.60. The van der Waals surface area contributed by atoms with Crippen LogP contribution in [0, 0.1) is 5.82 Å². The Balaban J connectivity index is 1.33. The van der Waals surface area contributed by atoms with Crippen LogP contribution in [0.15, 0.2) is 42.5 Å². The van der Waals surface area contributed by atoms with Gasteiger partial charge in [0.25, 0.3) is 5.91 Å². The summed E-state index contributed by atoms with van der Waals surface area (Å²) in [7, 11) is 0. The second-order valence-corrected chi connectivity index (χ2v) is 8.60. The Hall–Kier alpha value is -3.62. The largest absolute Gasteiger partial charge is 0.486 e. The molecule has 1 N–H and O–H groups in total. The minimum atomic E-state index is -1.36. The summed E-state index contributed by atoms with van der Waals surface area (Å²) >= 11 is 0. The van der Waals surface area contributed by atoms with Crippen LogP contribution in [0.5, 0.6) is 11.5 Å². The van der Waals surface area contributed by atoms with E-state index in [1.54, 1.807) is 11.8 Å². The zero-order chi connectivity index (χ0) is 23.2. The molecule has 3 aliphatic heterocycles. The normalized spacial score (nSPS) is 24.2. The predicted molar refractivity (Wildman–Crippen MR) is 115 cm³/mol. The number of ether oxygens (including phenoxy) is 2. The molecule has 33 heavy (non-hydrogen) atoms. The number of hydrogen-bond donors (Lipinski definition) is 1. The van der Waals surface area contributed by atoms with E-state index >= 15 is 0 Å². The van der Waals surface area contributed by atoms with Crippen molar-refractivity contribution >= 4 is 17.8 Å². The van der Waals surface area contributed by atoms with Crippen LogP contribution < -0.4 is 14.8 Å². The fourth-order valence-corrected chi connectivity index (χ4v) is 4.72. The van der Waals surface area contributed by atoms with E-state index in [0.29, 0.717) is 36.8 Å². The Labute approximate surface area is 190 Å². The third kappa shape index (κ3) is 3.67. The first kappa shape index (κ1) is 21.2. The van der Waals surface area contributed by atoms with Gasteiger partial charge in [0.05, 0.1) is 6.04 Å². The van der Waals surface area contributed by atoms with E-state index < -0.39 is 23.3 Å². The standard InChI is InChI=1S/C24H24FN3O5/c1-24(16-5-7-17(25)8-6-16)22(30)28(23(31)26-24)14-21(29)27-10-2-3-18(27)15-4-9-19-20(13-15)33-12-11-32-19/h4-9,13,18H,2-3,10-12,14H2,1H3,(H,26,31). The lowest BCUT2D eigenvalue weighted by Gasteiger charge is -2.28. The van der Waals surface area contributed by atoms with Crippen LogP contribution in [-0.2, 0) is 15.1 Å². The van der Waals surface area contributed by atoms with Crippen LogP contribution in [0.25, 0.3) is 0 Å². The molecule has 0 aromatic heterocycles. The first-order valence-corrected chi connectivity index (χ1v) is 11.0. The van der Waals surface area contributed by atoms with Gasteiger partial charge >= 0.3 is 6.03 Å². The van der Waals surface area contributed by atoms with Crippen molar-refractivity contribution in [3.8, 4) is 11.5 Å².